The number of carbonyl (C=O) groups excluding carboxylic acids is 4. The molecule has 320 valence electrons. The Kier molecular flexibility index (Phi) is 15.3. The van der Waals surface area contributed by atoms with Crippen molar-refractivity contribution in [2.45, 2.75) is 103 Å². The molecule has 4 aromatic carbocycles. The van der Waals surface area contributed by atoms with Gasteiger partial charge in [0.2, 0.25) is 0 Å². The molecule has 61 heavy (non-hydrogen) atoms. The number of hydrogen-bond acceptors (Lipinski definition) is 12. The number of nitro benzene ring substituents is 2. The van der Waals surface area contributed by atoms with Crippen molar-refractivity contribution in [1.82, 2.24) is 9.80 Å². The van der Waals surface area contributed by atoms with E-state index in [2.05, 4.69) is 0 Å². The number of ether oxygens (including phenoxy) is 2. The normalized spacial score (nSPS) is 20.2. The number of amides is 4. The molecule has 2 aliphatic carbocycles. The lowest BCUT2D eigenvalue weighted by molar-refractivity contribution is -0.385. The first kappa shape index (κ1) is 45.4. The minimum absolute atomic E-state index is 0. The zero-order valence-electron chi connectivity index (χ0n) is 32.9. The highest BCUT2D eigenvalue weighted by atomic mass is 16.6. The Labute approximate surface area is 352 Å². The Balaban J connectivity index is 0.000000184. The highest BCUT2D eigenvalue weighted by Gasteiger charge is 2.42. The summed E-state index contributed by atoms with van der Waals surface area (Å²) in [5, 5.41) is 37.8. The third kappa shape index (κ3) is 10.9. The van der Waals surface area contributed by atoms with E-state index in [4.69, 9.17) is 14.9 Å². The maximum atomic E-state index is 12.6. The molecule has 0 spiro atoms. The van der Waals surface area contributed by atoms with Crippen LogP contribution in [0.4, 0.5) is 11.4 Å². The van der Waals surface area contributed by atoms with E-state index in [9.17, 15) is 44.5 Å². The molecular formula is C45H49N5O11. The summed E-state index contributed by atoms with van der Waals surface area (Å²) < 4.78 is 10.8. The Morgan fingerprint density at radius 1 is 0.623 bits per heavy atom. The molecule has 0 aromatic heterocycles. The summed E-state index contributed by atoms with van der Waals surface area (Å²) in [5.74, 6) is -0.686. The van der Waals surface area contributed by atoms with Gasteiger partial charge in [-0.25, -0.2) is 0 Å². The average molecular weight is 836 g/mol. The molecule has 2 N–H and O–H groups in total. The number of nitrogens with one attached hydrogen (secondary N) is 1. The molecule has 2 aliphatic heterocycles. The first-order chi connectivity index (χ1) is 28.8. The van der Waals surface area contributed by atoms with Gasteiger partial charge < -0.3 is 14.6 Å². The van der Waals surface area contributed by atoms with Crippen molar-refractivity contribution >= 4 is 40.9 Å². The second-order valence-corrected chi connectivity index (χ2v) is 15.0. The van der Waals surface area contributed by atoms with E-state index in [1.807, 2.05) is 0 Å². The number of aliphatic hydroxyl groups is 1. The van der Waals surface area contributed by atoms with Gasteiger partial charge >= 0.3 is 0 Å². The molecule has 0 saturated heterocycles. The van der Waals surface area contributed by atoms with Crippen LogP contribution in [0.2, 0.25) is 0 Å². The van der Waals surface area contributed by atoms with Gasteiger partial charge in [0.05, 0.1) is 50.9 Å². The van der Waals surface area contributed by atoms with Crippen LogP contribution >= 0.6 is 0 Å². The van der Waals surface area contributed by atoms with Crippen LogP contribution in [0, 0.1) is 25.6 Å². The Bertz CT molecular complexity index is 2210. The highest BCUT2D eigenvalue weighted by Crippen LogP contribution is 2.33. The van der Waals surface area contributed by atoms with Crippen molar-refractivity contribution in [3.63, 3.8) is 0 Å². The van der Waals surface area contributed by atoms with Crippen molar-refractivity contribution < 1.29 is 43.6 Å². The predicted octanol–water partition coefficient (Wildman–Crippen LogP) is 8.05. The largest absolute Gasteiger partial charge is 0.477 e. The van der Waals surface area contributed by atoms with E-state index >= 15 is 0 Å². The summed E-state index contributed by atoms with van der Waals surface area (Å²) in [6, 6.07) is 26.3. The minimum Gasteiger partial charge on any atom is -0.477 e. The lowest BCUT2D eigenvalue weighted by atomic mass is 9.92. The topological polar surface area (TPSA) is 224 Å². The molecule has 2 heterocycles. The fourth-order valence-electron chi connectivity index (χ4n) is 7.79. The number of rotatable bonds is 9. The van der Waals surface area contributed by atoms with Crippen LogP contribution in [0.25, 0.3) is 0 Å². The number of hydrogen-bond donors (Lipinski definition) is 2. The standard InChI is InChI=1S/C21H20N2O5.C14H15NO3.C9H10N2O3.CH4/c24-20-18-6-1-2-7-19(18)21(25)22(20)15-8-10-17(11-9-15)28-13-14-4-3-5-16(12-14)23(26)27;16-10-7-5-9(6-8-10)15-13(17)11-3-1-2-4-12(11)14(15)18;1-7(10)14-6-8-3-2-4-9(5-8)11(12)13;/h1-7,12,15,17H,8-11,13H2;1-4,9-10,16H,5-8H2;2-5,10H,6H2,1H3;1H4. The third-order valence-corrected chi connectivity index (χ3v) is 10.9. The predicted molar refractivity (Wildman–Crippen MR) is 224 cm³/mol. The highest BCUT2D eigenvalue weighted by molar-refractivity contribution is 6.22. The summed E-state index contributed by atoms with van der Waals surface area (Å²) in [6.45, 7) is 2.01. The average Bonchev–Trinajstić information content (AvgIpc) is 3.67. The van der Waals surface area contributed by atoms with Crippen LogP contribution in [0.15, 0.2) is 97.1 Å². The number of non-ortho nitro benzene ring substituents is 2. The van der Waals surface area contributed by atoms with E-state index in [0.717, 1.165) is 18.4 Å². The number of nitrogens with zero attached hydrogens (tertiary/aromatic N) is 4. The second kappa shape index (κ2) is 20.5. The van der Waals surface area contributed by atoms with Gasteiger partial charge in [-0.05, 0) is 86.8 Å². The molecule has 0 unspecified atom stereocenters. The fourth-order valence-corrected chi connectivity index (χ4v) is 7.79. The lowest BCUT2D eigenvalue weighted by Gasteiger charge is -2.33. The summed E-state index contributed by atoms with van der Waals surface area (Å²) >= 11 is 0. The summed E-state index contributed by atoms with van der Waals surface area (Å²) in [7, 11) is 0. The number of fused-ring (bicyclic) bond motifs is 2. The number of aliphatic hydroxyl groups excluding tert-OH is 1. The summed E-state index contributed by atoms with van der Waals surface area (Å²) in [4.78, 5) is 72.9. The first-order valence-corrected chi connectivity index (χ1v) is 19.7. The maximum Gasteiger partial charge on any atom is 0.269 e. The Hall–Kier alpha value is -6.65. The second-order valence-electron chi connectivity index (χ2n) is 15.0. The van der Waals surface area contributed by atoms with Crippen molar-refractivity contribution in [2.24, 2.45) is 0 Å². The van der Waals surface area contributed by atoms with Crippen LogP contribution in [0.1, 0.15) is 118 Å². The Morgan fingerprint density at radius 3 is 1.38 bits per heavy atom. The number of benzene rings is 4. The van der Waals surface area contributed by atoms with E-state index in [1.165, 1.54) is 41.0 Å². The molecule has 4 aromatic rings. The van der Waals surface area contributed by atoms with E-state index in [1.54, 1.807) is 72.8 Å². The number of carbonyl (C=O) groups is 4. The maximum absolute atomic E-state index is 12.6. The van der Waals surface area contributed by atoms with Crippen LogP contribution in [0.3, 0.4) is 0 Å². The molecule has 16 nitrogen and oxygen atoms in total. The van der Waals surface area contributed by atoms with Gasteiger partial charge in [0.25, 0.3) is 35.0 Å². The quantitative estimate of drug-likeness (QED) is 0.0539. The van der Waals surface area contributed by atoms with Crippen LogP contribution in [-0.2, 0) is 22.7 Å². The van der Waals surface area contributed by atoms with Crippen LogP contribution in [0.5, 0.6) is 0 Å². The van der Waals surface area contributed by atoms with Gasteiger partial charge in [-0.1, -0.05) is 56.0 Å². The number of nitro groups is 2. The van der Waals surface area contributed by atoms with Crippen molar-refractivity contribution in [3.8, 4) is 0 Å². The fraction of sp³-hybridized carbons (Fsp3) is 0.356. The Morgan fingerprint density at radius 2 is 1.00 bits per heavy atom. The van der Waals surface area contributed by atoms with Crippen LogP contribution in [-0.4, -0.2) is 78.6 Å². The third-order valence-electron chi connectivity index (χ3n) is 10.9. The summed E-state index contributed by atoms with van der Waals surface area (Å²) in [6.07, 6.45) is 5.35. The lowest BCUT2D eigenvalue weighted by Crippen LogP contribution is -2.43. The molecule has 0 radical (unpaired) electrons. The zero-order chi connectivity index (χ0) is 42.9. The van der Waals surface area contributed by atoms with Crippen molar-refractivity contribution in [3.05, 3.63) is 151 Å². The number of imide groups is 2. The van der Waals surface area contributed by atoms with E-state index < -0.39 is 9.85 Å². The zero-order valence-corrected chi connectivity index (χ0v) is 32.9. The molecule has 2 saturated carbocycles. The van der Waals surface area contributed by atoms with Gasteiger partial charge in [0, 0.05) is 43.3 Å². The van der Waals surface area contributed by atoms with E-state index in [-0.39, 0.29) is 79.2 Å². The molecule has 8 rings (SSSR count). The molecule has 0 bridgehead atoms. The molecule has 2 fully saturated rings. The van der Waals surface area contributed by atoms with Crippen molar-refractivity contribution in [1.29, 1.82) is 5.41 Å². The first-order valence-electron chi connectivity index (χ1n) is 19.7. The molecule has 4 amide bonds. The van der Waals surface area contributed by atoms with Gasteiger partial charge in [-0.3, -0.25) is 54.6 Å². The SMILES string of the molecule is C.CC(=N)OCc1cccc([N+](=O)[O-])c1.O=C1c2ccccc2C(=O)N1C1CCC(O)CC1.O=C1c2ccccc2C(=O)N1C1CCC(OCc2cccc([N+](=O)[O-])c2)CC1. The molecule has 4 aliphatic rings. The van der Waals surface area contributed by atoms with E-state index in [0.29, 0.717) is 72.9 Å². The van der Waals surface area contributed by atoms with Gasteiger partial charge in [-0.15, -0.1) is 0 Å². The smallest absolute Gasteiger partial charge is 0.269 e. The van der Waals surface area contributed by atoms with Crippen molar-refractivity contribution in [2.75, 3.05) is 0 Å². The van der Waals surface area contributed by atoms with Crippen LogP contribution < -0.4 is 0 Å². The monoisotopic (exact) mass is 835 g/mol. The minimum atomic E-state index is -0.458. The molecule has 0 atom stereocenters. The van der Waals surface area contributed by atoms with Gasteiger partial charge in [0.15, 0.2) is 5.90 Å². The van der Waals surface area contributed by atoms with Gasteiger partial charge in [-0.2, -0.15) is 0 Å². The molecule has 16 heteroatoms. The molecular weight excluding hydrogens is 787 g/mol. The summed E-state index contributed by atoms with van der Waals surface area (Å²) in [5.41, 5.74) is 3.52. The van der Waals surface area contributed by atoms with Gasteiger partial charge in [0.1, 0.15) is 6.61 Å².